The molecule has 3 aliphatic rings. The molecule has 36 heavy (non-hydrogen) atoms. The molecule has 0 spiro atoms. The maximum absolute atomic E-state index is 12.5. The Morgan fingerprint density at radius 1 is 0.806 bits per heavy atom. The van der Waals surface area contributed by atoms with E-state index in [-0.39, 0.29) is 26.0 Å². The molecule has 1 saturated carbocycles. The van der Waals surface area contributed by atoms with E-state index in [1.807, 2.05) is 0 Å². The van der Waals surface area contributed by atoms with Crippen molar-refractivity contribution in [3.8, 4) is 0 Å². The van der Waals surface area contributed by atoms with Crippen molar-refractivity contribution in [2.75, 3.05) is 19.8 Å². The quantitative estimate of drug-likeness (QED) is 0.127. The Balaban J connectivity index is 1.78. The van der Waals surface area contributed by atoms with Crippen LogP contribution in [0.15, 0.2) is 0 Å². The van der Waals surface area contributed by atoms with Crippen LogP contribution in [0, 0.1) is 0 Å². The van der Waals surface area contributed by atoms with Crippen molar-refractivity contribution in [2.45, 2.75) is 112 Å². The molecule has 0 aromatic carbocycles. The highest BCUT2D eigenvalue weighted by Crippen LogP contribution is 2.32. The highest BCUT2D eigenvalue weighted by Gasteiger charge is 2.52. The normalized spacial score (nSPS) is 50.2. The van der Waals surface area contributed by atoms with Gasteiger partial charge >= 0.3 is 0 Å². The predicted octanol–water partition coefficient (Wildman–Crippen LogP) is -4.88. The fourth-order valence-corrected chi connectivity index (χ4v) is 4.77. The second kappa shape index (κ2) is 12.9. The minimum absolute atomic E-state index is 0.0460. The second-order valence-corrected chi connectivity index (χ2v) is 9.66. The van der Waals surface area contributed by atoms with Crippen molar-refractivity contribution in [3.05, 3.63) is 0 Å². The van der Waals surface area contributed by atoms with Crippen LogP contribution in [0.2, 0.25) is 0 Å². The number of rotatable bonds is 9. The molecular formula is C21H41FN4O10. The molecule has 2 saturated heterocycles. The Bertz CT molecular complexity index is 687. The third kappa shape index (κ3) is 6.32. The SMILES string of the molecule is C[C@H]1O[C@@H](O[C@@H]2[C@@H](O)[C@H](N)C[C@H](N)[C@H]2O[C@H]2O[C@H](CN)[C@@H](O)[C@H](O)[C@H]2N)[C@H](O)[C@@H](OCCCF)[C@@H]1O. The Hall–Kier alpha value is -0.630. The van der Waals surface area contributed by atoms with Crippen molar-refractivity contribution in [1.82, 2.24) is 0 Å². The highest BCUT2D eigenvalue weighted by atomic mass is 19.1. The largest absolute Gasteiger partial charge is 0.389 e. The van der Waals surface area contributed by atoms with Crippen LogP contribution in [0.25, 0.3) is 0 Å². The average molecular weight is 529 g/mol. The molecule has 0 aromatic heterocycles. The molecular weight excluding hydrogens is 487 g/mol. The zero-order valence-electron chi connectivity index (χ0n) is 20.2. The zero-order chi connectivity index (χ0) is 26.7. The number of nitrogens with two attached hydrogens (primary N) is 4. The van der Waals surface area contributed by atoms with Gasteiger partial charge in [-0.1, -0.05) is 0 Å². The Labute approximate surface area is 208 Å². The van der Waals surface area contributed by atoms with Crippen LogP contribution in [-0.4, -0.2) is 137 Å². The lowest BCUT2D eigenvalue weighted by Crippen LogP contribution is -2.69. The molecule has 212 valence electrons. The van der Waals surface area contributed by atoms with E-state index < -0.39 is 98.4 Å². The van der Waals surface area contributed by atoms with Crippen molar-refractivity contribution in [1.29, 1.82) is 0 Å². The Morgan fingerprint density at radius 2 is 1.47 bits per heavy atom. The Morgan fingerprint density at radius 3 is 2.11 bits per heavy atom. The summed E-state index contributed by atoms with van der Waals surface area (Å²) in [6.07, 6.45) is -14.5. The van der Waals surface area contributed by atoms with Crippen LogP contribution >= 0.6 is 0 Å². The molecule has 1 aliphatic carbocycles. The van der Waals surface area contributed by atoms with E-state index in [0.717, 1.165) is 0 Å². The number of hydrogen-bond acceptors (Lipinski definition) is 14. The minimum atomic E-state index is -1.51. The summed E-state index contributed by atoms with van der Waals surface area (Å²) in [5.74, 6) is 0. The van der Waals surface area contributed by atoms with Crippen molar-refractivity contribution in [2.24, 2.45) is 22.9 Å². The predicted molar refractivity (Wildman–Crippen MR) is 121 cm³/mol. The van der Waals surface area contributed by atoms with Gasteiger partial charge in [0.1, 0.15) is 48.8 Å². The van der Waals surface area contributed by atoms with Crippen LogP contribution < -0.4 is 22.9 Å². The van der Waals surface area contributed by atoms with Crippen LogP contribution in [0.5, 0.6) is 0 Å². The summed E-state index contributed by atoms with van der Waals surface area (Å²) in [6, 6.07) is -2.77. The Kier molecular flexibility index (Phi) is 10.8. The summed E-state index contributed by atoms with van der Waals surface area (Å²) in [6.45, 7) is 0.739. The summed E-state index contributed by atoms with van der Waals surface area (Å²) < 4.78 is 41.1. The van der Waals surface area contributed by atoms with Gasteiger partial charge in [-0.05, 0) is 19.8 Å². The van der Waals surface area contributed by atoms with Crippen LogP contribution in [-0.2, 0) is 23.7 Å². The molecule has 0 radical (unpaired) electrons. The first-order valence-electron chi connectivity index (χ1n) is 12.2. The van der Waals surface area contributed by atoms with Crippen molar-refractivity contribution < 1.29 is 53.6 Å². The van der Waals surface area contributed by atoms with Gasteiger partial charge in [0.05, 0.1) is 24.9 Å². The van der Waals surface area contributed by atoms with E-state index in [4.69, 9.17) is 46.6 Å². The number of hydrogen-bond donors (Lipinski definition) is 9. The minimum Gasteiger partial charge on any atom is -0.389 e. The van der Waals surface area contributed by atoms with E-state index in [1.54, 1.807) is 0 Å². The fourth-order valence-electron chi connectivity index (χ4n) is 4.77. The van der Waals surface area contributed by atoms with Crippen LogP contribution in [0.4, 0.5) is 4.39 Å². The number of ether oxygens (including phenoxy) is 5. The van der Waals surface area contributed by atoms with Crippen LogP contribution in [0.1, 0.15) is 19.8 Å². The zero-order valence-corrected chi connectivity index (χ0v) is 20.2. The van der Waals surface area contributed by atoms with Gasteiger partial charge in [0.2, 0.25) is 0 Å². The third-order valence-corrected chi connectivity index (χ3v) is 7.00. The molecule has 3 fully saturated rings. The number of aliphatic hydroxyl groups is 5. The summed E-state index contributed by atoms with van der Waals surface area (Å²) in [5, 5.41) is 52.5. The van der Waals surface area contributed by atoms with Gasteiger partial charge in [-0.3, -0.25) is 4.39 Å². The van der Waals surface area contributed by atoms with Crippen LogP contribution in [0.3, 0.4) is 0 Å². The number of aliphatic hydroxyl groups excluding tert-OH is 5. The molecule has 0 bridgehead atoms. The van der Waals surface area contributed by atoms with E-state index >= 15 is 0 Å². The van der Waals surface area contributed by atoms with Crippen molar-refractivity contribution in [3.63, 3.8) is 0 Å². The van der Waals surface area contributed by atoms with E-state index in [9.17, 15) is 29.9 Å². The third-order valence-electron chi connectivity index (χ3n) is 7.00. The lowest BCUT2D eigenvalue weighted by Gasteiger charge is -2.49. The van der Waals surface area contributed by atoms with E-state index in [0.29, 0.717) is 0 Å². The maximum atomic E-state index is 12.5. The van der Waals surface area contributed by atoms with Crippen molar-refractivity contribution >= 4 is 0 Å². The summed E-state index contributed by atoms with van der Waals surface area (Å²) in [4.78, 5) is 0. The molecule has 0 amide bonds. The smallest absolute Gasteiger partial charge is 0.187 e. The maximum Gasteiger partial charge on any atom is 0.187 e. The fraction of sp³-hybridized carbons (Fsp3) is 1.00. The molecule has 3 rings (SSSR count). The first-order chi connectivity index (χ1) is 17.0. The van der Waals surface area contributed by atoms with E-state index in [1.165, 1.54) is 6.92 Å². The van der Waals surface area contributed by atoms with Gasteiger partial charge in [-0.25, -0.2) is 0 Å². The molecule has 15 atom stereocenters. The average Bonchev–Trinajstić information content (AvgIpc) is 2.84. The monoisotopic (exact) mass is 528 g/mol. The van der Waals surface area contributed by atoms with Gasteiger partial charge in [0.15, 0.2) is 12.6 Å². The van der Waals surface area contributed by atoms with Gasteiger partial charge in [0, 0.05) is 25.2 Å². The molecule has 2 heterocycles. The molecule has 13 N–H and O–H groups in total. The molecule has 0 aromatic rings. The standard InChI is InChI=1S/C21H41FN4O10/c1-7-12(27)18(32-4-2-3-22)16(31)21(33-7)36-19-13(28)8(24)5-9(25)17(19)35-20-11(26)15(30)14(29)10(6-23)34-20/h7-21,27-31H,2-6,23-26H2,1H3/t7-,8-,9+,10-,11-,12-,13+,14-,15-,16-,17-,18+,19-,20-,21+/m1/s1. The summed E-state index contributed by atoms with van der Waals surface area (Å²) in [7, 11) is 0. The van der Waals surface area contributed by atoms with E-state index in [2.05, 4.69) is 0 Å². The molecule has 0 unspecified atom stereocenters. The van der Waals surface area contributed by atoms with Gasteiger partial charge in [0.25, 0.3) is 0 Å². The van der Waals surface area contributed by atoms with Gasteiger partial charge in [-0.15, -0.1) is 0 Å². The number of halogens is 1. The second-order valence-electron chi connectivity index (χ2n) is 9.66. The first-order valence-corrected chi connectivity index (χ1v) is 12.2. The molecule has 15 heteroatoms. The lowest BCUT2D eigenvalue weighted by atomic mass is 9.84. The molecule has 2 aliphatic heterocycles. The summed E-state index contributed by atoms with van der Waals surface area (Å²) >= 11 is 0. The highest BCUT2D eigenvalue weighted by molar-refractivity contribution is 5.01. The molecule has 14 nitrogen and oxygen atoms in total. The summed E-state index contributed by atoms with van der Waals surface area (Å²) in [5.41, 5.74) is 24.0. The van der Waals surface area contributed by atoms with Gasteiger partial charge in [-0.2, -0.15) is 0 Å². The first kappa shape index (κ1) is 29.9. The number of alkyl halides is 1. The lowest BCUT2D eigenvalue weighted by molar-refractivity contribution is -0.341. The van der Waals surface area contributed by atoms with Gasteiger partial charge < -0.3 is 72.2 Å². The topological polar surface area (TPSA) is 251 Å².